The van der Waals surface area contributed by atoms with Crippen LogP contribution in [0.15, 0.2) is 4.34 Å². The average molecular weight is 329 g/mol. The molecule has 2 heterocycles. The number of aromatic nitrogens is 2. The molecule has 0 radical (unpaired) electrons. The Morgan fingerprint density at radius 1 is 1.24 bits per heavy atom. The zero-order valence-corrected chi connectivity index (χ0v) is 14.3. The van der Waals surface area contributed by atoms with Gasteiger partial charge < -0.3 is 9.64 Å². The number of carbonyl (C=O) groups excluding carboxylic acids is 1. The van der Waals surface area contributed by atoms with Gasteiger partial charge in [0.1, 0.15) is 0 Å². The Balaban J connectivity index is 1.78. The van der Waals surface area contributed by atoms with Crippen molar-refractivity contribution < 1.29 is 9.53 Å². The van der Waals surface area contributed by atoms with Gasteiger partial charge in [0.2, 0.25) is 5.91 Å². The number of hydrogen-bond acceptors (Lipinski definition) is 6. The molecule has 2 rings (SSSR count). The lowest BCUT2D eigenvalue weighted by atomic mass is 10.1. The Bertz CT molecular complexity index is 443. The Morgan fingerprint density at radius 3 is 2.57 bits per heavy atom. The highest BCUT2D eigenvalue weighted by Gasteiger charge is 2.16. The van der Waals surface area contributed by atoms with Crippen LogP contribution in [0.4, 0.5) is 0 Å². The molecule has 21 heavy (non-hydrogen) atoms. The van der Waals surface area contributed by atoms with Gasteiger partial charge in [0.15, 0.2) is 4.34 Å². The first-order chi connectivity index (χ1) is 10.1. The topological polar surface area (TPSA) is 55.3 Å². The highest BCUT2D eigenvalue weighted by Crippen LogP contribution is 2.28. The van der Waals surface area contributed by atoms with E-state index in [9.17, 15) is 4.79 Å². The van der Waals surface area contributed by atoms with Gasteiger partial charge in [-0.1, -0.05) is 36.1 Å². The molecular weight excluding hydrogens is 306 g/mol. The third-order valence-electron chi connectivity index (χ3n) is 3.25. The SMILES string of the molecule is CC(C)Oc1nnc(SCC(=O)N2CCCCCCC2)s1. The summed E-state index contributed by atoms with van der Waals surface area (Å²) < 4.78 is 6.28. The van der Waals surface area contributed by atoms with Crippen molar-refractivity contribution in [2.75, 3.05) is 18.8 Å². The highest BCUT2D eigenvalue weighted by molar-refractivity contribution is 8.01. The summed E-state index contributed by atoms with van der Waals surface area (Å²) in [6, 6.07) is 0. The van der Waals surface area contributed by atoms with Crippen LogP contribution in [0.2, 0.25) is 0 Å². The molecule has 0 atom stereocenters. The molecule has 0 saturated carbocycles. The van der Waals surface area contributed by atoms with Crippen LogP contribution in [-0.4, -0.2) is 46.0 Å². The minimum absolute atomic E-state index is 0.0958. The van der Waals surface area contributed by atoms with Gasteiger partial charge in [0, 0.05) is 13.1 Å². The Labute approximate surface area is 134 Å². The van der Waals surface area contributed by atoms with E-state index in [4.69, 9.17) is 4.74 Å². The summed E-state index contributed by atoms with van der Waals surface area (Å²) in [6.45, 7) is 5.72. The van der Waals surface area contributed by atoms with Crippen molar-refractivity contribution in [2.45, 2.75) is 56.4 Å². The second-order valence-corrected chi connectivity index (χ2v) is 7.60. The van der Waals surface area contributed by atoms with Crippen molar-refractivity contribution in [3.05, 3.63) is 0 Å². The van der Waals surface area contributed by atoms with E-state index in [1.54, 1.807) is 0 Å². The Kier molecular flexibility index (Phi) is 6.76. The summed E-state index contributed by atoms with van der Waals surface area (Å²) in [5.41, 5.74) is 0. The molecule has 1 fully saturated rings. The molecule has 0 aliphatic carbocycles. The first kappa shape index (κ1) is 16.5. The molecule has 0 N–H and O–H groups in total. The molecule has 0 spiro atoms. The number of thioether (sulfide) groups is 1. The van der Waals surface area contributed by atoms with Gasteiger partial charge in [-0.05, 0) is 38.0 Å². The van der Waals surface area contributed by atoms with E-state index in [2.05, 4.69) is 10.2 Å². The van der Waals surface area contributed by atoms with Crippen LogP contribution in [-0.2, 0) is 4.79 Å². The third kappa shape index (κ3) is 5.82. The number of rotatable bonds is 5. The predicted octanol–water partition coefficient (Wildman–Crippen LogP) is 3.21. The minimum atomic E-state index is 0.0958. The number of ether oxygens (including phenoxy) is 1. The largest absolute Gasteiger partial charge is 0.466 e. The molecule has 1 aliphatic heterocycles. The van der Waals surface area contributed by atoms with Gasteiger partial charge in [0.25, 0.3) is 5.19 Å². The fourth-order valence-corrected chi connectivity index (χ4v) is 3.92. The van der Waals surface area contributed by atoms with Crippen LogP contribution in [0.3, 0.4) is 0 Å². The monoisotopic (exact) mass is 329 g/mol. The summed E-state index contributed by atoms with van der Waals surface area (Å²) in [6.07, 6.45) is 6.13. The summed E-state index contributed by atoms with van der Waals surface area (Å²) in [5, 5.41) is 8.61. The number of carbonyl (C=O) groups is 1. The fraction of sp³-hybridized carbons (Fsp3) is 0.786. The zero-order valence-electron chi connectivity index (χ0n) is 12.7. The molecule has 7 heteroatoms. The molecule has 1 amide bonds. The van der Waals surface area contributed by atoms with Gasteiger partial charge in [-0.2, -0.15) is 0 Å². The van der Waals surface area contributed by atoms with Crippen molar-refractivity contribution in [3.8, 4) is 5.19 Å². The van der Waals surface area contributed by atoms with E-state index < -0.39 is 0 Å². The summed E-state index contributed by atoms with van der Waals surface area (Å²) >= 11 is 2.86. The van der Waals surface area contributed by atoms with E-state index in [-0.39, 0.29) is 12.0 Å². The Morgan fingerprint density at radius 2 is 1.90 bits per heavy atom. The van der Waals surface area contributed by atoms with Crippen molar-refractivity contribution in [1.29, 1.82) is 0 Å². The van der Waals surface area contributed by atoms with Crippen LogP contribution < -0.4 is 4.74 Å². The van der Waals surface area contributed by atoms with E-state index in [0.29, 0.717) is 10.9 Å². The molecule has 1 aromatic heterocycles. The van der Waals surface area contributed by atoms with Crippen LogP contribution >= 0.6 is 23.1 Å². The summed E-state index contributed by atoms with van der Waals surface area (Å²) in [5.74, 6) is 0.652. The first-order valence-electron chi connectivity index (χ1n) is 7.56. The molecule has 1 aliphatic rings. The smallest absolute Gasteiger partial charge is 0.295 e. The fourth-order valence-electron chi connectivity index (χ4n) is 2.22. The standard InChI is InChI=1S/C14H23N3O2S2/c1-11(2)19-13-15-16-14(21-13)20-10-12(18)17-8-6-4-3-5-7-9-17/h11H,3-10H2,1-2H3. The molecular formula is C14H23N3O2S2. The van der Waals surface area contributed by atoms with E-state index in [1.807, 2.05) is 18.7 Å². The van der Waals surface area contributed by atoms with Crippen molar-refractivity contribution in [1.82, 2.24) is 15.1 Å². The molecule has 0 unspecified atom stereocenters. The van der Waals surface area contributed by atoms with Crippen molar-refractivity contribution in [3.63, 3.8) is 0 Å². The lowest BCUT2D eigenvalue weighted by Crippen LogP contribution is -2.35. The molecule has 1 saturated heterocycles. The van der Waals surface area contributed by atoms with Gasteiger partial charge in [-0.15, -0.1) is 5.10 Å². The number of likely N-dealkylation sites (tertiary alicyclic amines) is 1. The maximum absolute atomic E-state index is 12.3. The summed E-state index contributed by atoms with van der Waals surface area (Å²) in [4.78, 5) is 14.3. The third-order valence-corrected chi connectivity index (χ3v) is 5.18. The number of hydrogen-bond donors (Lipinski definition) is 0. The average Bonchev–Trinajstić information content (AvgIpc) is 2.82. The zero-order chi connectivity index (χ0) is 15.1. The lowest BCUT2D eigenvalue weighted by Gasteiger charge is -2.24. The second-order valence-electron chi connectivity index (χ2n) is 5.44. The normalized spacial score (nSPS) is 16.6. The van der Waals surface area contributed by atoms with Crippen molar-refractivity contribution in [2.24, 2.45) is 0 Å². The van der Waals surface area contributed by atoms with E-state index in [1.165, 1.54) is 42.4 Å². The van der Waals surface area contributed by atoms with E-state index >= 15 is 0 Å². The van der Waals surface area contributed by atoms with Gasteiger partial charge in [-0.3, -0.25) is 4.79 Å². The number of nitrogens with zero attached hydrogens (tertiary/aromatic N) is 3. The van der Waals surface area contributed by atoms with Crippen LogP contribution in [0, 0.1) is 0 Å². The lowest BCUT2D eigenvalue weighted by molar-refractivity contribution is -0.128. The molecule has 1 aromatic rings. The summed E-state index contributed by atoms with van der Waals surface area (Å²) in [7, 11) is 0. The highest BCUT2D eigenvalue weighted by atomic mass is 32.2. The predicted molar refractivity (Wildman–Crippen MR) is 86.1 cm³/mol. The molecule has 118 valence electrons. The van der Waals surface area contributed by atoms with Gasteiger partial charge in [0.05, 0.1) is 11.9 Å². The first-order valence-corrected chi connectivity index (χ1v) is 9.36. The van der Waals surface area contributed by atoms with E-state index in [0.717, 1.165) is 30.3 Å². The molecule has 0 bridgehead atoms. The maximum atomic E-state index is 12.3. The van der Waals surface area contributed by atoms with Crippen LogP contribution in [0.25, 0.3) is 0 Å². The van der Waals surface area contributed by atoms with Gasteiger partial charge >= 0.3 is 0 Å². The maximum Gasteiger partial charge on any atom is 0.295 e. The molecule has 5 nitrogen and oxygen atoms in total. The minimum Gasteiger partial charge on any atom is -0.466 e. The van der Waals surface area contributed by atoms with Crippen molar-refractivity contribution >= 4 is 29.0 Å². The Hall–Kier alpha value is -0.820. The second kappa shape index (κ2) is 8.58. The molecule has 0 aromatic carbocycles. The number of amides is 1. The van der Waals surface area contributed by atoms with Crippen LogP contribution in [0.1, 0.15) is 46.0 Å². The quantitative estimate of drug-likeness (QED) is 0.776. The van der Waals surface area contributed by atoms with Crippen LogP contribution in [0.5, 0.6) is 5.19 Å². The van der Waals surface area contributed by atoms with Gasteiger partial charge in [-0.25, -0.2) is 0 Å².